The van der Waals surface area contributed by atoms with E-state index < -0.39 is 0 Å². The van der Waals surface area contributed by atoms with E-state index in [1.54, 1.807) is 0 Å². The normalized spacial score (nSPS) is 11.1. The molecule has 0 atom stereocenters. The molecule has 0 fully saturated rings. The molecule has 1 radical (unpaired) electrons. The third kappa shape index (κ3) is 5.14. The maximum absolute atomic E-state index is 6.42. The molecule has 0 saturated carbocycles. The van der Waals surface area contributed by atoms with E-state index in [9.17, 15) is 0 Å². The fourth-order valence-electron chi connectivity index (χ4n) is 5.25. The smallest absolute Gasteiger partial charge is 0.400 e. The summed E-state index contributed by atoms with van der Waals surface area (Å²) in [6.45, 7) is 8.34. The Hall–Kier alpha value is -4.64. The zero-order chi connectivity index (χ0) is 28.8. The molecule has 0 unspecified atom stereocenters. The number of hydrogen-bond donors (Lipinski definition) is 0. The Morgan fingerprint density at radius 1 is 0.721 bits per heavy atom. The van der Waals surface area contributed by atoms with Crippen molar-refractivity contribution in [3.63, 3.8) is 0 Å². The Bertz CT molecular complexity index is 2250. The number of aromatic nitrogens is 4. The Morgan fingerprint density at radius 2 is 1.44 bits per heavy atom. The van der Waals surface area contributed by atoms with Gasteiger partial charge in [-0.2, -0.15) is 0 Å². The molecule has 0 bridgehead atoms. The summed E-state index contributed by atoms with van der Waals surface area (Å²) in [6.07, 6.45) is 8.01. The van der Waals surface area contributed by atoms with Crippen LogP contribution < -0.4 is 4.52 Å². The fourth-order valence-corrected chi connectivity index (χ4v) is 5.25. The number of aryl methyl sites for hydroxylation is 4. The number of nitrogens with zero attached hydrogens (tertiary/aromatic N) is 4. The van der Waals surface area contributed by atoms with Gasteiger partial charge in [-0.05, 0) is 78.3 Å². The molecule has 5 nitrogen and oxygen atoms in total. The monoisotopic (exact) mass is 738 g/mol. The zero-order valence-electron chi connectivity index (χ0n) is 24.3. The second kappa shape index (κ2) is 11.6. The molecule has 43 heavy (non-hydrogen) atoms. The Morgan fingerprint density at radius 3 is 2.19 bits per heavy atom. The molecule has 0 aliphatic heterocycles. The first-order valence-corrected chi connectivity index (χ1v) is 14.0. The van der Waals surface area contributed by atoms with Gasteiger partial charge in [-0.1, -0.05) is 41.0 Å². The van der Waals surface area contributed by atoms with Gasteiger partial charge in [0.15, 0.2) is 0 Å². The SMILES string of the molecule is Cc1cnc(-c2[c-]ccc3c2oc2c3ccn3c4ccccc4c[n+]23)cc1C.Cc1cnc(-c2[c-]cccc2)cc1C.[Ir]. The van der Waals surface area contributed by atoms with Crippen molar-refractivity contribution < 1.29 is 29.0 Å². The first kappa shape index (κ1) is 28.5. The molecule has 0 amide bonds. The maximum Gasteiger partial charge on any atom is 0.400 e. The molecule has 3 aromatic carbocycles. The van der Waals surface area contributed by atoms with E-state index in [1.165, 1.54) is 27.6 Å². The van der Waals surface area contributed by atoms with Gasteiger partial charge >= 0.3 is 5.71 Å². The molecule has 5 heterocycles. The average Bonchev–Trinajstić information content (AvgIpc) is 3.59. The van der Waals surface area contributed by atoms with Crippen molar-refractivity contribution in [3.05, 3.63) is 138 Å². The third-order valence-corrected chi connectivity index (χ3v) is 7.92. The maximum atomic E-state index is 6.42. The molecule has 8 aromatic rings. The summed E-state index contributed by atoms with van der Waals surface area (Å²) in [6, 6.07) is 33.1. The van der Waals surface area contributed by atoms with Crippen LogP contribution in [0.15, 0.2) is 108 Å². The number of benzene rings is 3. The van der Waals surface area contributed by atoms with Gasteiger partial charge in [0.25, 0.3) is 0 Å². The van der Waals surface area contributed by atoms with Crippen LogP contribution in [0.3, 0.4) is 0 Å². The van der Waals surface area contributed by atoms with Crippen LogP contribution in [0.25, 0.3) is 55.5 Å². The largest absolute Gasteiger partial charge is 0.451 e. The van der Waals surface area contributed by atoms with Crippen molar-refractivity contribution in [2.75, 3.05) is 0 Å². The molecule has 213 valence electrons. The zero-order valence-corrected chi connectivity index (χ0v) is 26.7. The van der Waals surface area contributed by atoms with Crippen molar-refractivity contribution in [1.82, 2.24) is 14.5 Å². The van der Waals surface area contributed by atoms with E-state index in [4.69, 9.17) is 4.42 Å². The Labute approximate surface area is 263 Å². The predicted molar refractivity (Wildman–Crippen MR) is 167 cm³/mol. The van der Waals surface area contributed by atoms with Gasteiger partial charge in [-0.15, -0.1) is 58.6 Å². The van der Waals surface area contributed by atoms with Crippen molar-refractivity contribution in [1.29, 1.82) is 0 Å². The summed E-state index contributed by atoms with van der Waals surface area (Å²) in [4.78, 5) is 9.00. The van der Waals surface area contributed by atoms with E-state index in [0.29, 0.717) is 0 Å². The topological polar surface area (TPSA) is 47.4 Å². The van der Waals surface area contributed by atoms with Crippen LogP contribution >= 0.6 is 0 Å². The minimum absolute atomic E-state index is 0. The van der Waals surface area contributed by atoms with Crippen LogP contribution in [0, 0.1) is 39.8 Å². The van der Waals surface area contributed by atoms with Crippen LogP contribution in [0.4, 0.5) is 0 Å². The minimum Gasteiger partial charge on any atom is -0.451 e. The molecule has 0 saturated heterocycles. The van der Waals surface area contributed by atoms with Crippen LogP contribution in [0.1, 0.15) is 22.3 Å². The van der Waals surface area contributed by atoms with Crippen LogP contribution in [-0.4, -0.2) is 14.5 Å². The van der Waals surface area contributed by atoms with Crippen LogP contribution in [0.5, 0.6) is 0 Å². The summed E-state index contributed by atoms with van der Waals surface area (Å²) < 4.78 is 10.6. The summed E-state index contributed by atoms with van der Waals surface area (Å²) in [7, 11) is 0. The number of para-hydroxylation sites is 1. The van der Waals surface area contributed by atoms with E-state index >= 15 is 0 Å². The summed E-state index contributed by atoms with van der Waals surface area (Å²) >= 11 is 0. The second-order valence-electron chi connectivity index (χ2n) is 10.7. The number of hydrogen-bond acceptors (Lipinski definition) is 3. The third-order valence-electron chi connectivity index (χ3n) is 7.92. The first-order chi connectivity index (χ1) is 20.5. The molecule has 0 spiro atoms. The summed E-state index contributed by atoms with van der Waals surface area (Å²) in [5, 5.41) is 3.32. The molecule has 5 aromatic heterocycles. The van der Waals surface area contributed by atoms with E-state index in [-0.39, 0.29) is 20.1 Å². The van der Waals surface area contributed by atoms with Crippen molar-refractivity contribution in [3.8, 4) is 22.5 Å². The fraction of sp³-hybridized carbons (Fsp3) is 0.108. The average molecular weight is 738 g/mol. The van der Waals surface area contributed by atoms with Gasteiger partial charge in [0, 0.05) is 32.5 Å². The van der Waals surface area contributed by atoms with Gasteiger partial charge in [0.2, 0.25) is 6.20 Å². The van der Waals surface area contributed by atoms with E-state index in [0.717, 1.165) is 50.1 Å². The minimum atomic E-state index is 0. The predicted octanol–water partition coefficient (Wildman–Crippen LogP) is 8.22. The van der Waals surface area contributed by atoms with E-state index in [1.807, 2.05) is 42.7 Å². The number of rotatable bonds is 2. The molecule has 8 rings (SSSR count). The summed E-state index contributed by atoms with van der Waals surface area (Å²) in [5.41, 5.74) is 11.5. The standard InChI is InChI=1S/C24H17N3O.C13H12N.Ir/c1-15-12-21(25-13-16(15)2)20-8-5-7-18-19-10-11-26-22-9-4-3-6-17(22)14-27(26)24(19)28-23(18)20;1-10-8-13(14-9-11(10)2)12-6-4-3-5-7-12;/h3-7,9-14H,1-2H3;3-6,8-9H,1-2H3;/q;-1;. The van der Waals surface area contributed by atoms with Crippen LogP contribution in [-0.2, 0) is 20.1 Å². The van der Waals surface area contributed by atoms with Gasteiger partial charge in [-0.25, -0.2) is 0 Å². The van der Waals surface area contributed by atoms with Crippen molar-refractivity contribution in [2.24, 2.45) is 0 Å². The van der Waals surface area contributed by atoms with E-state index in [2.05, 4.69) is 120 Å². The molecule has 0 aliphatic carbocycles. The quantitative estimate of drug-likeness (QED) is 0.133. The number of pyridine rings is 2. The van der Waals surface area contributed by atoms with Gasteiger partial charge in [-0.3, -0.25) is 0 Å². The van der Waals surface area contributed by atoms with Crippen LogP contribution in [0.2, 0.25) is 0 Å². The second-order valence-corrected chi connectivity index (χ2v) is 10.7. The molecular weight excluding hydrogens is 709 g/mol. The molecule has 6 heteroatoms. The number of fused-ring (bicyclic) bond motifs is 7. The first-order valence-electron chi connectivity index (χ1n) is 14.0. The molecule has 0 aliphatic rings. The van der Waals surface area contributed by atoms with Gasteiger partial charge in [0.1, 0.15) is 5.52 Å². The van der Waals surface area contributed by atoms with Gasteiger partial charge in [0.05, 0.1) is 22.6 Å². The summed E-state index contributed by atoms with van der Waals surface area (Å²) in [5.74, 6) is 0. The molecular formula is C37H29IrN4O-. The van der Waals surface area contributed by atoms with Crippen molar-refractivity contribution in [2.45, 2.75) is 27.7 Å². The Kier molecular flexibility index (Phi) is 7.66. The number of furan rings is 1. The van der Waals surface area contributed by atoms with Crippen molar-refractivity contribution >= 4 is 33.0 Å². The Balaban J connectivity index is 0.000000186. The van der Waals surface area contributed by atoms with Gasteiger partial charge < -0.3 is 14.4 Å². The molecule has 0 N–H and O–H groups in total.